The number of esters is 1. The summed E-state index contributed by atoms with van der Waals surface area (Å²) in [4.78, 5) is 26.9. The van der Waals surface area contributed by atoms with E-state index in [0.29, 0.717) is 6.54 Å². The molecule has 1 aromatic carbocycles. The smallest absolute Gasteiger partial charge is 0.336 e. The van der Waals surface area contributed by atoms with Crippen molar-refractivity contribution in [3.05, 3.63) is 30.6 Å². The van der Waals surface area contributed by atoms with Gasteiger partial charge in [0, 0.05) is 13.0 Å². The highest BCUT2D eigenvalue weighted by atomic mass is 16.5. The molecule has 21 heavy (non-hydrogen) atoms. The molecule has 0 aliphatic rings. The van der Waals surface area contributed by atoms with Crippen LogP contribution in [0.15, 0.2) is 30.6 Å². The van der Waals surface area contributed by atoms with Crippen molar-refractivity contribution in [2.24, 2.45) is 0 Å². The second kappa shape index (κ2) is 6.85. The number of benzene rings is 1. The molecule has 1 atom stereocenters. The van der Waals surface area contributed by atoms with E-state index in [0.717, 1.165) is 11.0 Å². The predicted molar refractivity (Wildman–Crippen MR) is 75.4 cm³/mol. The van der Waals surface area contributed by atoms with Gasteiger partial charge in [-0.2, -0.15) is 0 Å². The second-order valence-electron chi connectivity index (χ2n) is 4.52. The summed E-state index contributed by atoms with van der Waals surface area (Å²) in [7, 11) is 1.18. The highest BCUT2D eigenvalue weighted by Crippen LogP contribution is 2.11. The number of nitrogens with one attached hydrogen (secondary N) is 1. The SMILES string of the molecule is COC(=O)C(O)CNC(=O)CCn1cnc2ccccc21. The van der Waals surface area contributed by atoms with Crippen LogP contribution in [0.2, 0.25) is 0 Å². The van der Waals surface area contributed by atoms with E-state index >= 15 is 0 Å². The molecule has 1 aromatic heterocycles. The monoisotopic (exact) mass is 291 g/mol. The maximum absolute atomic E-state index is 11.7. The summed E-state index contributed by atoms with van der Waals surface area (Å²) < 4.78 is 6.24. The summed E-state index contributed by atoms with van der Waals surface area (Å²) in [5.41, 5.74) is 1.83. The number of aryl methyl sites for hydroxylation is 1. The van der Waals surface area contributed by atoms with Crippen LogP contribution < -0.4 is 5.32 Å². The Labute approximate surface area is 121 Å². The summed E-state index contributed by atoms with van der Waals surface area (Å²) in [5, 5.41) is 11.8. The van der Waals surface area contributed by atoms with Crippen molar-refractivity contribution in [1.82, 2.24) is 14.9 Å². The van der Waals surface area contributed by atoms with Crippen LogP contribution in [0.3, 0.4) is 0 Å². The topological polar surface area (TPSA) is 93.5 Å². The summed E-state index contributed by atoms with van der Waals surface area (Å²) in [6, 6.07) is 7.65. The average Bonchev–Trinajstić information content (AvgIpc) is 2.93. The zero-order valence-corrected chi connectivity index (χ0v) is 11.7. The third-order valence-corrected chi connectivity index (χ3v) is 3.07. The van der Waals surface area contributed by atoms with E-state index in [1.165, 1.54) is 7.11 Å². The molecular weight excluding hydrogens is 274 g/mol. The number of para-hydroxylation sites is 2. The van der Waals surface area contributed by atoms with Gasteiger partial charge in [0.1, 0.15) is 0 Å². The zero-order chi connectivity index (χ0) is 15.2. The fourth-order valence-electron chi connectivity index (χ4n) is 1.93. The molecule has 7 nitrogen and oxygen atoms in total. The highest BCUT2D eigenvalue weighted by molar-refractivity contribution is 5.79. The van der Waals surface area contributed by atoms with E-state index in [1.807, 2.05) is 28.8 Å². The largest absolute Gasteiger partial charge is 0.467 e. The van der Waals surface area contributed by atoms with Gasteiger partial charge >= 0.3 is 5.97 Å². The quantitative estimate of drug-likeness (QED) is 0.735. The molecule has 112 valence electrons. The first kappa shape index (κ1) is 15.0. The molecule has 0 bridgehead atoms. The van der Waals surface area contributed by atoms with Crippen molar-refractivity contribution >= 4 is 22.9 Å². The molecule has 0 spiro atoms. The van der Waals surface area contributed by atoms with E-state index in [4.69, 9.17) is 0 Å². The number of carbonyl (C=O) groups excluding carboxylic acids is 2. The van der Waals surface area contributed by atoms with Crippen LogP contribution in [0, 0.1) is 0 Å². The van der Waals surface area contributed by atoms with Gasteiger partial charge in [-0.3, -0.25) is 4.79 Å². The second-order valence-corrected chi connectivity index (χ2v) is 4.52. The van der Waals surface area contributed by atoms with Gasteiger partial charge in [0.05, 0.1) is 31.0 Å². The number of aromatic nitrogens is 2. The lowest BCUT2D eigenvalue weighted by Gasteiger charge is -2.10. The van der Waals surface area contributed by atoms with E-state index in [1.54, 1.807) is 6.33 Å². The van der Waals surface area contributed by atoms with Gasteiger partial charge in [0.15, 0.2) is 6.10 Å². The number of aliphatic hydroxyl groups excluding tert-OH is 1. The standard InChI is InChI=1S/C14H17N3O4/c1-21-14(20)12(18)8-15-13(19)6-7-17-9-16-10-4-2-3-5-11(10)17/h2-5,9,12,18H,6-8H2,1H3,(H,15,19). The van der Waals surface area contributed by atoms with Crippen LogP contribution in [0.5, 0.6) is 0 Å². The number of hydrogen-bond acceptors (Lipinski definition) is 5. The first-order valence-electron chi connectivity index (χ1n) is 6.54. The Morgan fingerprint density at radius 1 is 1.43 bits per heavy atom. The van der Waals surface area contributed by atoms with E-state index in [2.05, 4.69) is 15.0 Å². The van der Waals surface area contributed by atoms with Crippen LogP contribution in [0.25, 0.3) is 11.0 Å². The van der Waals surface area contributed by atoms with Gasteiger partial charge in [0.25, 0.3) is 0 Å². The first-order chi connectivity index (χ1) is 10.1. The predicted octanol–water partition coefficient (Wildman–Crippen LogP) is 0.0765. The van der Waals surface area contributed by atoms with Crippen molar-refractivity contribution in [2.75, 3.05) is 13.7 Å². The number of aliphatic hydroxyl groups is 1. The van der Waals surface area contributed by atoms with Crippen LogP contribution in [-0.2, 0) is 20.9 Å². The molecule has 7 heteroatoms. The van der Waals surface area contributed by atoms with E-state index < -0.39 is 12.1 Å². The molecule has 2 aromatic rings. The molecule has 1 heterocycles. The minimum atomic E-state index is -1.34. The zero-order valence-electron chi connectivity index (χ0n) is 11.7. The lowest BCUT2D eigenvalue weighted by atomic mass is 10.3. The lowest BCUT2D eigenvalue weighted by Crippen LogP contribution is -2.37. The van der Waals surface area contributed by atoms with Crippen molar-refractivity contribution in [2.45, 2.75) is 19.1 Å². The normalized spacial score (nSPS) is 12.1. The molecular formula is C14H17N3O4. The van der Waals surface area contributed by atoms with Crippen molar-refractivity contribution < 1.29 is 19.4 Å². The number of ether oxygens (including phenoxy) is 1. The highest BCUT2D eigenvalue weighted by Gasteiger charge is 2.16. The Kier molecular flexibility index (Phi) is 4.89. The Hall–Kier alpha value is -2.41. The molecule has 0 saturated heterocycles. The molecule has 1 amide bonds. The maximum Gasteiger partial charge on any atom is 0.336 e. The summed E-state index contributed by atoms with van der Waals surface area (Å²) in [5.74, 6) is -1.02. The van der Waals surface area contributed by atoms with Crippen LogP contribution in [0.4, 0.5) is 0 Å². The fourth-order valence-corrected chi connectivity index (χ4v) is 1.93. The van der Waals surface area contributed by atoms with Gasteiger partial charge in [-0.05, 0) is 12.1 Å². The Morgan fingerprint density at radius 3 is 2.95 bits per heavy atom. The Morgan fingerprint density at radius 2 is 2.19 bits per heavy atom. The summed E-state index contributed by atoms with van der Waals surface area (Å²) in [6.45, 7) is 0.316. The summed E-state index contributed by atoms with van der Waals surface area (Å²) >= 11 is 0. The molecule has 0 aliphatic heterocycles. The molecule has 0 saturated carbocycles. The van der Waals surface area contributed by atoms with E-state index in [9.17, 15) is 14.7 Å². The van der Waals surface area contributed by atoms with Gasteiger partial charge in [0.2, 0.25) is 5.91 Å². The maximum atomic E-state index is 11.7. The number of hydrogen-bond donors (Lipinski definition) is 2. The first-order valence-corrected chi connectivity index (χ1v) is 6.54. The summed E-state index contributed by atoms with van der Waals surface area (Å²) in [6.07, 6.45) is 0.572. The minimum Gasteiger partial charge on any atom is -0.467 e. The average molecular weight is 291 g/mol. The van der Waals surface area contributed by atoms with Crippen LogP contribution in [-0.4, -0.2) is 46.3 Å². The van der Waals surface area contributed by atoms with Crippen molar-refractivity contribution in [1.29, 1.82) is 0 Å². The number of methoxy groups -OCH3 is 1. The minimum absolute atomic E-state index is 0.157. The van der Waals surface area contributed by atoms with E-state index in [-0.39, 0.29) is 18.9 Å². The van der Waals surface area contributed by atoms with Crippen molar-refractivity contribution in [3.8, 4) is 0 Å². The van der Waals surface area contributed by atoms with Gasteiger partial charge in [-0.25, -0.2) is 9.78 Å². The van der Waals surface area contributed by atoms with Gasteiger partial charge < -0.3 is 19.7 Å². The molecule has 2 N–H and O–H groups in total. The Balaban J connectivity index is 1.83. The molecule has 0 radical (unpaired) electrons. The number of imidazole rings is 1. The number of rotatable bonds is 6. The number of fused-ring (bicyclic) bond motifs is 1. The number of nitrogens with zero attached hydrogens (tertiary/aromatic N) is 2. The fraction of sp³-hybridized carbons (Fsp3) is 0.357. The Bertz CT molecular complexity index is 638. The van der Waals surface area contributed by atoms with Gasteiger partial charge in [-0.15, -0.1) is 0 Å². The lowest BCUT2D eigenvalue weighted by molar-refractivity contribution is -0.150. The molecule has 2 rings (SSSR count). The van der Waals surface area contributed by atoms with Crippen LogP contribution >= 0.6 is 0 Å². The number of amides is 1. The molecule has 1 unspecified atom stereocenters. The number of carbonyl (C=O) groups is 2. The third-order valence-electron chi connectivity index (χ3n) is 3.07. The van der Waals surface area contributed by atoms with Crippen molar-refractivity contribution in [3.63, 3.8) is 0 Å². The van der Waals surface area contributed by atoms with Gasteiger partial charge in [-0.1, -0.05) is 12.1 Å². The molecule has 0 aliphatic carbocycles. The third kappa shape index (κ3) is 3.79. The van der Waals surface area contributed by atoms with Crippen LogP contribution in [0.1, 0.15) is 6.42 Å². The molecule has 0 fully saturated rings.